The number of rotatable bonds is 6. The third-order valence-electron chi connectivity index (χ3n) is 4.57. The molecule has 156 valence electrons. The summed E-state index contributed by atoms with van der Waals surface area (Å²) in [7, 11) is 0. The molecule has 0 saturated heterocycles. The summed E-state index contributed by atoms with van der Waals surface area (Å²) in [6.45, 7) is 0.345. The highest BCUT2D eigenvalue weighted by Gasteiger charge is 2.12. The highest BCUT2D eigenvalue weighted by atomic mass is 35.5. The monoisotopic (exact) mass is 455 g/mol. The normalized spacial score (nSPS) is 11.3. The van der Waals surface area contributed by atoms with Crippen LogP contribution >= 0.6 is 23.2 Å². The van der Waals surface area contributed by atoms with Crippen molar-refractivity contribution >= 4 is 52.2 Å². The minimum absolute atomic E-state index is 0.113. The van der Waals surface area contributed by atoms with Crippen molar-refractivity contribution in [3.63, 3.8) is 0 Å². The fourth-order valence-electron chi connectivity index (χ4n) is 3.12. The van der Waals surface area contributed by atoms with E-state index in [1.165, 1.54) is 12.1 Å². The number of hydrogen-bond donors (Lipinski definition) is 2. The topological polar surface area (TPSA) is 96.8 Å². The summed E-state index contributed by atoms with van der Waals surface area (Å²) in [5, 5.41) is 14.6. The van der Waals surface area contributed by atoms with Gasteiger partial charge in [0, 0.05) is 28.2 Å². The lowest BCUT2D eigenvalue weighted by molar-refractivity contribution is 0.0660. The van der Waals surface area contributed by atoms with Crippen LogP contribution < -0.4 is 5.43 Å². The molecule has 4 aromatic rings. The third kappa shape index (κ3) is 4.47. The lowest BCUT2D eigenvalue weighted by atomic mass is 10.2. The molecule has 2 aromatic carbocycles. The zero-order valence-corrected chi connectivity index (χ0v) is 17.4. The Hall–Kier alpha value is -3.55. The number of hydrogen-bond acceptors (Lipinski definition) is 4. The van der Waals surface area contributed by atoms with Crippen molar-refractivity contribution < 1.29 is 19.1 Å². The van der Waals surface area contributed by atoms with Crippen LogP contribution in [0.5, 0.6) is 0 Å². The molecular formula is C22H15Cl2N3O4. The van der Waals surface area contributed by atoms with Gasteiger partial charge in [-0.05, 0) is 36.4 Å². The fourth-order valence-corrected chi connectivity index (χ4v) is 3.42. The number of halogens is 2. The predicted octanol–water partition coefficient (Wildman–Crippen LogP) is 5.05. The molecule has 0 radical (unpaired) electrons. The summed E-state index contributed by atoms with van der Waals surface area (Å²) < 4.78 is 7.27. The third-order valence-corrected chi connectivity index (χ3v) is 5.31. The predicted molar refractivity (Wildman–Crippen MR) is 118 cm³/mol. The number of nitrogens with one attached hydrogen (secondary N) is 1. The van der Waals surface area contributed by atoms with Crippen LogP contribution in [0.1, 0.15) is 32.2 Å². The Morgan fingerprint density at radius 1 is 1.10 bits per heavy atom. The second-order valence-corrected chi connectivity index (χ2v) is 7.44. The number of hydrazone groups is 1. The summed E-state index contributed by atoms with van der Waals surface area (Å²) in [5.74, 6) is -1.14. The van der Waals surface area contributed by atoms with Gasteiger partial charge >= 0.3 is 5.97 Å². The molecule has 0 aliphatic heterocycles. The first-order valence-corrected chi connectivity index (χ1v) is 9.86. The van der Waals surface area contributed by atoms with Gasteiger partial charge in [0.15, 0.2) is 0 Å². The lowest BCUT2D eigenvalue weighted by Crippen LogP contribution is -2.17. The number of fused-ring (bicyclic) bond motifs is 1. The molecule has 4 rings (SSSR count). The molecule has 0 unspecified atom stereocenters. The number of furan rings is 1. The van der Waals surface area contributed by atoms with Gasteiger partial charge < -0.3 is 14.1 Å². The summed E-state index contributed by atoms with van der Waals surface area (Å²) in [5.41, 5.74) is 4.49. The molecule has 9 heteroatoms. The Balaban J connectivity index is 1.55. The first-order chi connectivity index (χ1) is 14.9. The van der Waals surface area contributed by atoms with Crippen LogP contribution in [0.2, 0.25) is 10.0 Å². The van der Waals surface area contributed by atoms with Crippen LogP contribution in [0.4, 0.5) is 0 Å². The smallest absolute Gasteiger partial charge is 0.371 e. The highest BCUT2D eigenvalue weighted by molar-refractivity contribution is 6.42. The van der Waals surface area contributed by atoms with E-state index in [1.807, 2.05) is 35.0 Å². The van der Waals surface area contributed by atoms with Gasteiger partial charge in [-0.15, -0.1) is 0 Å². The second-order valence-electron chi connectivity index (χ2n) is 6.63. The molecule has 0 spiro atoms. The molecule has 0 aliphatic carbocycles. The van der Waals surface area contributed by atoms with Crippen molar-refractivity contribution in [3.8, 4) is 0 Å². The maximum absolute atomic E-state index is 12.3. The van der Waals surface area contributed by atoms with Gasteiger partial charge in [-0.2, -0.15) is 5.10 Å². The van der Waals surface area contributed by atoms with Crippen LogP contribution in [0.15, 0.2) is 70.3 Å². The van der Waals surface area contributed by atoms with Crippen molar-refractivity contribution in [3.05, 3.63) is 93.5 Å². The zero-order chi connectivity index (χ0) is 22.0. The molecule has 0 bridgehead atoms. The first-order valence-electron chi connectivity index (χ1n) is 9.10. The lowest BCUT2D eigenvalue weighted by Gasteiger charge is -2.02. The molecule has 0 fully saturated rings. The number of benzene rings is 2. The van der Waals surface area contributed by atoms with E-state index in [-0.39, 0.29) is 10.8 Å². The number of nitrogens with zero attached hydrogens (tertiary/aromatic N) is 2. The summed E-state index contributed by atoms with van der Waals surface area (Å²) in [6.07, 6.45) is 3.39. The molecule has 0 atom stereocenters. The number of amides is 1. The van der Waals surface area contributed by atoms with E-state index in [0.29, 0.717) is 22.9 Å². The summed E-state index contributed by atoms with van der Waals surface area (Å²) in [6, 6.07) is 15.3. The van der Waals surface area contributed by atoms with Crippen molar-refractivity contribution in [1.29, 1.82) is 0 Å². The summed E-state index contributed by atoms with van der Waals surface area (Å²) >= 11 is 11.8. The van der Waals surface area contributed by atoms with Crippen LogP contribution in [-0.4, -0.2) is 27.8 Å². The van der Waals surface area contributed by atoms with Crippen LogP contribution in [0.3, 0.4) is 0 Å². The molecule has 1 amide bonds. The molecule has 2 aromatic heterocycles. The van der Waals surface area contributed by atoms with E-state index >= 15 is 0 Å². The molecule has 0 aliphatic rings. The van der Waals surface area contributed by atoms with E-state index < -0.39 is 11.9 Å². The Morgan fingerprint density at radius 2 is 1.90 bits per heavy atom. The van der Waals surface area contributed by atoms with Gasteiger partial charge in [0.05, 0.1) is 22.8 Å². The highest BCUT2D eigenvalue weighted by Crippen LogP contribution is 2.23. The molecule has 7 nitrogen and oxygen atoms in total. The van der Waals surface area contributed by atoms with E-state index in [4.69, 9.17) is 32.7 Å². The number of carbonyl (C=O) groups is 2. The number of para-hydroxylation sites is 1. The Labute approximate surface area is 186 Å². The largest absolute Gasteiger partial charge is 0.475 e. The Morgan fingerprint density at radius 3 is 2.65 bits per heavy atom. The van der Waals surface area contributed by atoms with Crippen LogP contribution in [0, 0.1) is 0 Å². The number of carbonyl (C=O) groups excluding carboxylic acids is 1. The van der Waals surface area contributed by atoms with E-state index in [0.717, 1.165) is 16.5 Å². The van der Waals surface area contributed by atoms with Gasteiger partial charge in [0.1, 0.15) is 5.76 Å². The Bertz CT molecular complexity index is 1320. The minimum atomic E-state index is -1.12. The molecule has 31 heavy (non-hydrogen) atoms. The zero-order valence-electron chi connectivity index (χ0n) is 15.9. The van der Waals surface area contributed by atoms with Gasteiger partial charge in [-0.3, -0.25) is 4.79 Å². The standard InChI is InChI=1S/C22H15Cl2N3O4/c23-17-7-5-13(9-18(17)24)21(28)26-25-10-14-11-27(19-4-2-1-3-16(14)19)12-15-6-8-20(31-15)22(29)30/h1-11H,12H2,(H,26,28)(H,29,30)/b25-10-. The van der Waals surface area contributed by atoms with Crippen molar-refractivity contribution in [2.45, 2.75) is 6.54 Å². The Kier molecular flexibility index (Phi) is 5.79. The quantitative estimate of drug-likeness (QED) is 0.313. The number of aromatic carboxylic acids is 1. The van der Waals surface area contributed by atoms with Gasteiger partial charge in [-0.1, -0.05) is 41.4 Å². The number of carboxylic acid groups (broad SMARTS) is 1. The second kappa shape index (κ2) is 8.67. The maximum Gasteiger partial charge on any atom is 0.371 e. The average Bonchev–Trinajstić information content (AvgIpc) is 3.36. The van der Waals surface area contributed by atoms with E-state index in [9.17, 15) is 9.59 Å². The van der Waals surface area contributed by atoms with Crippen LogP contribution in [-0.2, 0) is 6.54 Å². The van der Waals surface area contributed by atoms with Gasteiger partial charge in [0.25, 0.3) is 5.91 Å². The summed E-state index contributed by atoms with van der Waals surface area (Å²) in [4.78, 5) is 23.3. The van der Waals surface area contributed by atoms with Crippen molar-refractivity contribution in [2.75, 3.05) is 0 Å². The molecule has 0 saturated carbocycles. The minimum Gasteiger partial charge on any atom is -0.475 e. The average molecular weight is 456 g/mol. The van der Waals surface area contributed by atoms with E-state index in [1.54, 1.807) is 24.4 Å². The number of aromatic nitrogens is 1. The van der Waals surface area contributed by atoms with Crippen molar-refractivity contribution in [2.24, 2.45) is 5.10 Å². The van der Waals surface area contributed by atoms with Crippen LogP contribution in [0.25, 0.3) is 10.9 Å². The SMILES string of the molecule is O=C(N/N=C\c1cn(Cc2ccc(C(=O)O)o2)c2ccccc12)c1ccc(Cl)c(Cl)c1. The van der Waals surface area contributed by atoms with Crippen molar-refractivity contribution in [1.82, 2.24) is 9.99 Å². The van der Waals surface area contributed by atoms with Gasteiger partial charge in [0.2, 0.25) is 5.76 Å². The van der Waals surface area contributed by atoms with Gasteiger partial charge in [-0.25, -0.2) is 10.2 Å². The van der Waals surface area contributed by atoms with E-state index in [2.05, 4.69) is 10.5 Å². The number of carboxylic acids is 1. The molecular weight excluding hydrogens is 441 g/mol. The fraction of sp³-hybridized carbons (Fsp3) is 0.0455. The maximum atomic E-state index is 12.3. The molecule has 2 N–H and O–H groups in total. The first kappa shape index (κ1) is 20.7. The molecule has 2 heterocycles.